The Hall–Kier alpha value is -1.46. The summed E-state index contributed by atoms with van der Waals surface area (Å²) in [6, 6.07) is 6.52. The van der Waals surface area contributed by atoms with E-state index in [9.17, 15) is 5.11 Å². The minimum atomic E-state index is 0.274. The Morgan fingerprint density at radius 1 is 1.32 bits per heavy atom. The van der Waals surface area contributed by atoms with Gasteiger partial charge >= 0.3 is 0 Å². The first kappa shape index (κ1) is 15.4. The number of benzene rings is 1. The van der Waals surface area contributed by atoms with Gasteiger partial charge in [0.2, 0.25) is 5.88 Å². The second kappa shape index (κ2) is 6.34. The number of hydrogen-bond acceptors (Lipinski definition) is 4. The van der Waals surface area contributed by atoms with Crippen molar-refractivity contribution in [2.45, 2.75) is 45.6 Å². The molecule has 3 nitrogen and oxygen atoms in total. The minimum absolute atomic E-state index is 0.274. The molecule has 1 N–H and O–H groups in total. The second-order valence-electron chi connectivity index (χ2n) is 5.91. The van der Waals surface area contributed by atoms with Gasteiger partial charge in [0.1, 0.15) is 4.88 Å². The third-order valence-electron chi connectivity index (χ3n) is 4.21. The van der Waals surface area contributed by atoms with Gasteiger partial charge in [0, 0.05) is 6.04 Å². The maximum Gasteiger partial charge on any atom is 0.212 e. The van der Waals surface area contributed by atoms with E-state index >= 15 is 0 Å². The third kappa shape index (κ3) is 3.01. The molecule has 0 atom stereocenters. The molecule has 1 aliphatic carbocycles. The average molecular weight is 332 g/mol. The molecule has 0 unspecified atom stereocenters. The molecule has 0 aliphatic heterocycles. The van der Waals surface area contributed by atoms with Crippen molar-refractivity contribution in [1.29, 1.82) is 0 Å². The predicted octanol–water partition coefficient (Wildman–Crippen LogP) is 5.47. The molecule has 0 saturated heterocycles. The zero-order valence-corrected chi connectivity index (χ0v) is 14.5. The van der Waals surface area contributed by atoms with Crippen molar-refractivity contribution in [2.24, 2.45) is 4.99 Å². The molecule has 1 aromatic heterocycles. The quantitative estimate of drug-likeness (QED) is 0.598. The predicted molar refractivity (Wildman–Crippen MR) is 95.5 cm³/mol. The highest BCUT2D eigenvalue weighted by molar-refractivity contribution is 7.73. The van der Waals surface area contributed by atoms with Gasteiger partial charge in [-0.05, 0) is 50.5 Å². The van der Waals surface area contributed by atoms with E-state index < -0.39 is 0 Å². The van der Waals surface area contributed by atoms with Crippen LogP contribution in [0.2, 0.25) is 0 Å². The molecule has 3 rings (SSSR count). The lowest BCUT2D eigenvalue weighted by molar-refractivity contribution is 0.380. The molecule has 1 saturated carbocycles. The van der Waals surface area contributed by atoms with E-state index in [1.165, 1.54) is 29.7 Å². The van der Waals surface area contributed by atoms with Gasteiger partial charge in [-0.15, -0.1) is 0 Å². The summed E-state index contributed by atoms with van der Waals surface area (Å²) < 4.78 is 2.66. The van der Waals surface area contributed by atoms with Crippen LogP contribution in [-0.2, 0) is 0 Å². The van der Waals surface area contributed by atoms with E-state index in [2.05, 4.69) is 18.0 Å². The molecule has 0 amide bonds. The number of aryl methyl sites for hydroxylation is 2. The van der Waals surface area contributed by atoms with Gasteiger partial charge in [-0.1, -0.05) is 41.9 Å². The van der Waals surface area contributed by atoms with E-state index in [-0.39, 0.29) is 5.88 Å². The first-order valence-electron chi connectivity index (χ1n) is 7.62. The summed E-state index contributed by atoms with van der Waals surface area (Å²) in [4.78, 5) is 5.27. The van der Waals surface area contributed by atoms with Gasteiger partial charge < -0.3 is 5.11 Å². The van der Waals surface area contributed by atoms with Crippen molar-refractivity contribution in [3.63, 3.8) is 0 Å². The summed E-state index contributed by atoms with van der Waals surface area (Å²) in [5, 5.41) is 10.5. The molecule has 2 aromatic rings. The van der Waals surface area contributed by atoms with Gasteiger partial charge in [-0.25, -0.2) is 0 Å². The van der Waals surface area contributed by atoms with Crippen LogP contribution in [0, 0.1) is 17.8 Å². The fraction of sp³-hybridized carbons (Fsp3) is 0.412. The normalized spacial score (nSPS) is 15.9. The van der Waals surface area contributed by atoms with Crippen molar-refractivity contribution in [3.8, 4) is 5.88 Å². The summed E-state index contributed by atoms with van der Waals surface area (Å²) in [5.41, 5.74) is 3.29. The Bertz CT molecular complexity index is 767. The van der Waals surface area contributed by atoms with E-state index in [0.29, 0.717) is 6.04 Å². The Morgan fingerprint density at radius 2 is 2.05 bits per heavy atom. The lowest BCUT2D eigenvalue weighted by Crippen LogP contribution is -2.03. The van der Waals surface area contributed by atoms with Crippen LogP contribution < -0.4 is 0 Å². The average Bonchev–Trinajstić information content (AvgIpc) is 3.07. The molecule has 0 bridgehead atoms. The van der Waals surface area contributed by atoms with Gasteiger partial charge in [-0.2, -0.15) is 0 Å². The van der Waals surface area contributed by atoms with Crippen LogP contribution in [0.25, 0.3) is 0 Å². The Kier molecular flexibility index (Phi) is 4.45. The molecule has 116 valence electrons. The number of rotatable bonds is 3. The van der Waals surface area contributed by atoms with Gasteiger partial charge in [-0.3, -0.25) is 9.56 Å². The number of aromatic hydroxyl groups is 1. The number of nitrogens with zero attached hydrogens (tertiary/aromatic N) is 2. The summed E-state index contributed by atoms with van der Waals surface area (Å²) in [7, 11) is 0. The maximum absolute atomic E-state index is 10.5. The van der Waals surface area contributed by atoms with Gasteiger partial charge in [0.15, 0.2) is 3.95 Å². The van der Waals surface area contributed by atoms with Crippen LogP contribution in [0.1, 0.15) is 47.7 Å². The molecular formula is C17H20N2OS2. The smallest absolute Gasteiger partial charge is 0.212 e. The number of aliphatic imine (C=N–C) groups is 1. The monoisotopic (exact) mass is 332 g/mol. The first-order valence-corrected chi connectivity index (χ1v) is 8.84. The van der Waals surface area contributed by atoms with E-state index in [4.69, 9.17) is 12.2 Å². The third-order valence-corrected chi connectivity index (χ3v) is 5.53. The lowest BCUT2D eigenvalue weighted by atomic mass is 10.1. The Balaban J connectivity index is 1.91. The van der Waals surface area contributed by atoms with Crippen LogP contribution >= 0.6 is 23.6 Å². The largest absolute Gasteiger partial charge is 0.493 e. The molecule has 0 radical (unpaired) electrons. The minimum Gasteiger partial charge on any atom is -0.493 e. The first-order chi connectivity index (χ1) is 10.6. The summed E-state index contributed by atoms with van der Waals surface area (Å²) in [6.45, 7) is 4.12. The molecule has 1 aromatic carbocycles. The molecular weight excluding hydrogens is 312 g/mol. The standard InChI is InChI=1S/C17H20N2OS2/c1-11-7-8-14(12(2)9-11)18-10-15-16(20)19(17(21)22-15)13-5-3-4-6-13/h7-10,13,20H,3-6H2,1-2H3. The van der Waals surface area contributed by atoms with Crippen molar-refractivity contribution >= 4 is 35.5 Å². The zero-order chi connectivity index (χ0) is 15.7. The second-order valence-corrected chi connectivity index (χ2v) is 7.59. The summed E-state index contributed by atoms with van der Waals surface area (Å²) in [6.07, 6.45) is 6.37. The van der Waals surface area contributed by atoms with Crippen LogP contribution in [-0.4, -0.2) is 15.9 Å². The fourth-order valence-electron chi connectivity index (χ4n) is 3.04. The van der Waals surface area contributed by atoms with Gasteiger partial charge in [0.25, 0.3) is 0 Å². The molecule has 1 aliphatic rings. The molecule has 1 heterocycles. The van der Waals surface area contributed by atoms with Crippen molar-refractivity contribution in [2.75, 3.05) is 0 Å². The molecule has 5 heteroatoms. The van der Waals surface area contributed by atoms with Crippen LogP contribution in [0.3, 0.4) is 0 Å². The van der Waals surface area contributed by atoms with Crippen molar-refractivity contribution in [3.05, 3.63) is 38.2 Å². The van der Waals surface area contributed by atoms with Gasteiger partial charge in [0.05, 0.1) is 11.9 Å². The highest BCUT2D eigenvalue weighted by Crippen LogP contribution is 2.37. The number of thiazole rings is 1. The highest BCUT2D eigenvalue weighted by Gasteiger charge is 2.22. The number of aromatic nitrogens is 1. The van der Waals surface area contributed by atoms with Crippen LogP contribution in [0.4, 0.5) is 5.69 Å². The highest BCUT2D eigenvalue weighted by atomic mass is 32.1. The van der Waals surface area contributed by atoms with E-state index in [1.54, 1.807) is 6.21 Å². The Labute approximate surface area is 140 Å². The van der Waals surface area contributed by atoms with E-state index in [1.807, 2.05) is 23.6 Å². The molecule has 1 fully saturated rings. The summed E-state index contributed by atoms with van der Waals surface area (Å²) in [5.74, 6) is 0.274. The van der Waals surface area contributed by atoms with Crippen LogP contribution in [0.15, 0.2) is 23.2 Å². The Morgan fingerprint density at radius 3 is 2.73 bits per heavy atom. The van der Waals surface area contributed by atoms with Crippen molar-refractivity contribution < 1.29 is 5.11 Å². The summed E-state index contributed by atoms with van der Waals surface area (Å²) >= 11 is 6.87. The van der Waals surface area contributed by atoms with Crippen molar-refractivity contribution in [1.82, 2.24) is 4.57 Å². The van der Waals surface area contributed by atoms with Crippen LogP contribution in [0.5, 0.6) is 5.88 Å². The maximum atomic E-state index is 10.5. The molecule has 22 heavy (non-hydrogen) atoms. The SMILES string of the molecule is Cc1ccc(N=Cc2sc(=S)n(C3CCCC3)c2O)c(C)c1. The number of hydrogen-bond donors (Lipinski definition) is 1. The van der Waals surface area contributed by atoms with E-state index in [0.717, 1.165) is 32.9 Å². The zero-order valence-electron chi connectivity index (χ0n) is 12.9. The lowest BCUT2D eigenvalue weighted by Gasteiger charge is -2.12. The molecule has 0 spiro atoms. The topological polar surface area (TPSA) is 37.5 Å². The fourth-order valence-corrected chi connectivity index (χ4v) is 4.36.